The Bertz CT molecular complexity index is 855. The van der Waals surface area contributed by atoms with Gasteiger partial charge in [0.15, 0.2) is 11.6 Å². The first-order valence-electron chi connectivity index (χ1n) is 11.1. The maximum absolute atomic E-state index is 14.0. The van der Waals surface area contributed by atoms with Gasteiger partial charge < -0.3 is 4.90 Å². The molecule has 160 valence electrons. The van der Waals surface area contributed by atoms with Gasteiger partial charge >= 0.3 is 0 Å². The summed E-state index contributed by atoms with van der Waals surface area (Å²) < 4.78 is 27.6. The minimum absolute atomic E-state index is 0.203. The van der Waals surface area contributed by atoms with Crippen molar-refractivity contribution in [3.8, 4) is 6.07 Å². The van der Waals surface area contributed by atoms with E-state index in [-0.39, 0.29) is 5.92 Å². The van der Waals surface area contributed by atoms with Crippen LogP contribution in [0.15, 0.2) is 48.5 Å². The summed E-state index contributed by atoms with van der Waals surface area (Å²) in [5, 5.41) is 10.3. The van der Waals surface area contributed by atoms with E-state index in [1.165, 1.54) is 17.7 Å². The third kappa shape index (κ3) is 5.08. The molecule has 2 nitrogen and oxygen atoms in total. The van der Waals surface area contributed by atoms with Gasteiger partial charge in [-0.2, -0.15) is 5.26 Å². The quantitative estimate of drug-likeness (QED) is 0.488. The van der Waals surface area contributed by atoms with Gasteiger partial charge in [-0.3, -0.25) is 0 Å². The van der Waals surface area contributed by atoms with E-state index in [4.69, 9.17) is 0 Å². The van der Waals surface area contributed by atoms with E-state index < -0.39 is 17.0 Å². The number of nitrogens with zero attached hydrogens (tertiary/aromatic N) is 2. The molecule has 1 aliphatic carbocycles. The normalized spacial score (nSPS) is 17.6. The molecule has 0 heterocycles. The fourth-order valence-corrected chi connectivity index (χ4v) is 4.82. The maximum atomic E-state index is 14.0. The van der Waals surface area contributed by atoms with Crippen molar-refractivity contribution in [2.45, 2.75) is 63.3 Å². The Morgan fingerprint density at radius 1 is 1.10 bits per heavy atom. The zero-order valence-corrected chi connectivity index (χ0v) is 18.1. The topological polar surface area (TPSA) is 27.0 Å². The molecule has 0 aliphatic heterocycles. The van der Waals surface area contributed by atoms with Crippen molar-refractivity contribution >= 4 is 0 Å². The molecule has 0 radical (unpaired) electrons. The first-order valence-corrected chi connectivity index (χ1v) is 11.1. The first kappa shape index (κ1) is 22.4. The van der Waals surface area contributed by atoms with Crippen LogP contribution in [0, 0.1) is 28.9 Å². The summed E-state index contributed by atoms with van der Waals surface area (Å²) in [5.41, 5.74) is 1.20. The first-order chi connectivity index (χ1) is 14.5. The number of nitriles is 1. The lowest BCUT2D eigenvalue weighted by atomic mass is 9.67. The zero-order valence-electron chi connectivity index (χ0n) is 18.1. The van der Waals surface area contributed by atoms with Crippen LogP contribution in [-0.2, 0) is 11.8 Å². The van der Waals surface area contributed by atoms with Gasteiger partial charge in [-0.05, 0) is 75.3 Å². The Balaban J connectivity index is 1.71. The fraction of sp³-hybridized carbons (Fsp3) is 0.500. The van der Waals surface area contributed by atoms with Crippen molar-refractivity contribution in [1.82, 2.24) is 4.90 Å². The average molecular weight is 411 g/mol. The minimum Gasteiger partial charge on any atom is -0.303 e. The highest BCUT2D eigenvalue weighted by molar-refractivity contribution is 5.35. The minimum atomic E-state index is -0.863. The number of rotatable bonds is 9. The molecule has 0 saturated heterocycles. The number of likely N-dealkylation sites (N-methyl/N-ethyl adjacent to an activating group) is 1. The zero-order chi connectivity index (χ0) is 21.6. The SMILES string of the molecule is CC(CCC(C#N)(c1ccc(F)c(F)c1)C1CCCC1)N(C)CCc1ccccc1. The summed E-state index contributed by atoms with van der Waals surface area (Å²) in [4.78, 5) is 2.33. The van der Waals surface area contributed by atoms with Crippen LogP contribution in [0.3, 0.4) is 0 Å². The molecule has 2 aromatic rings. The van der Waals surface area contributed by atoms with Crippen LogP contribution < -0.4 is 0 Å². The monoisotopic (exact) mass is 410 g/mol. The molecule has 0 N–H and O–H groups in total. The van der Waals surface area contributed by atoms with Crippen molar-refractivity contribution in [1.29, 1.82) is 5.26 Å². The van der Waals surface area contributed by atoms with Crippen molar-refractivity contribution < 1.29 is 8.78 Å². The Kier molecular flexibility index (Phi) is 7.61. The van der Waals surface area contributed by atoms with Gasteiger partial charge in [0.05, 0.1) is 11.5 Å². The van der Waals surface area contributed by atoms with Gasteiger partial charge in [-0.1, -0.05) is 49.2 Å². The van der Waals surface area contributed by atoms with Crippen molar-refractivity contribution in [2.75, 3.05) is 13.6 Å². The van der Waals surface area contributed by atoms with Crippen LogP contribution in [0.4, 0.5) is 8.78 Å². The summed E-state index contributed by atoms with van der Waals surface area (Å²) in [6, 6.07) is 17.3. The highest BCUT2D eigenvalue weighted by Crippen LogP contribution is 2.45. The van der Waals surface area contributed by atoms with Crippen LogP contribution in [-0.4, -0.2) is 24.5 Å². The van der Waals surface area contributed by atoms with Gasteiger partial charge in [0.25, 0.3) is 0 Å². The van der Waals surface area contributed by atoms with Crippen molar-refractivity contribution in [3.05, 3.63) is 71.3 Å². The number of halogens is 2. The van der Waals surface area contributed by atoms with Crippen LogP contribution in [0.1, 0.15) is 56.6 Å². The molecule has 2 unspecified atom stereocenters. The van der Waals surface area contributed by atoms with E-state index in [2.05, 4.69) is 49.2 Å². The Hall–Kier alpha value is -2.25. The standard InChI is InChI=1S/C26H32F2N2/c1-20(30(2)17-15-21-8-4-3-5-9-21)14-16-26(19-29,22-10-6-7-11-22)23-12-13-24(27)25(28)18-23/h3-5,8-9,12-13,18,20,22H,6-7,10-11,14-17H2,1-2H3. The molecule has 1 saturated carbocycles. The summed E-state index contributed by atoms with van der Waals surface area (Å²) in [5.74, 6) is -1.52. The smallest absolute Gasteiger partial charge is 0.159 e. The van der Waals surface area contributed by atoms with Crippen LogP contribution in [0.25, 0.3) is 0 Å². The number of benzene rings is 2. The molecule has 2 aromatic carbocycles. The molecule has 0 bridgehead atoms. The summed E-state index contributed by atoms with van der Waals surface area (Å²) in [7, 11) is 2.12. The van der Waals surface area contributed by atoms with Gasteiger partial charge in [-0.25, -0.2) is 8.78 Å². The second-order valence-electron chi connectivity index (χ2n) is 8.80. The molecular formula is C26H32F2N2. The molecule has 2 atom stereocenters. The largest absolute Gasteiger partial charge is 0.303 e. The fourth-order valence-electron chi connectivity index (χ4n) is 4.82. The van der Waals surface area contributed by atoms with Crippen molar-refractivity contribution in [2.24, 2.45) is 5.92 Å². The summed E-state index contributed by atoms with van der Waals surface area (Å²) in [6.45, 7) is 3.13. The maximum Gasteiger partial charge on any atom is 0.159 e. The Morgan fingerprint density at radius 2 is 1.80 bits per heavy atom. The second kappa shape index (κ2) is 10.2. The van der Waals surface area contributed by atoms with E-state index in [0.717, 1.165) is 45.1 Å². The van der Waals surface area contributed by atoms with Crippen molar-refractivity contribution in [3.63, 3.8) is 0 Å². The van der Waals surface area contributed by atoms with Gasteiger partial charge in [0.2, 0.25) is 0 Å². The van der Waals surface area contributed by atoms with Crippen LogP contribution in [0.2, 0.25) is 0 Å². The van der Waals surface area contributed by atoms with E-state index in [1.807, 2.05) is 6.07 Å². The van der Waals surface area contributed by atoms with Gasteiger partial charge in [-0.15, -0.1) is 0 Å². The summed E-state index contributed by atoms with van der Waals surface area (Å²) >= 11 is 0. The van der Waals surface area contributed by atoms with Gasteiger partial charge in [0.1, 0.15) is 0 Å². The molecule has 0 aromatic heterocycles. The average Bonchev–Trinajstić information content (AvgIpc) is 3.31. The molecule has 1 fully saturated rings. The van der Waals surface area contributed by atoms with E-state index in [1.54, 1.807) is 6.07 Å². The number of hydrogen-bond donors (Lipinski definition) is 0. The molecule has 4 heteroatoms. The molecule has 1 aliphatic rings. The van der Waals surface area contributed by atoms with Crippen LogP contribution in [0.5, 0.6) is 0 Å². The van der Waals surface area contributed by atoms with E-state index >= 15 is 0 Å². The lowest BCUT2D eigenvalue weighted by Gasteiger charge is -2.35. The lowest BCUT2D eigenvalue weighted by molar-refractivity contribution is 0.219. The molecular weight excluding hydrogens is 378 g/mol. The number of hydrogen-bond acceptors (Lipinski definition) is 2. The van der Waals surface area contributed by atoms with Gasteiger partial charge in [0, 0.05) is 12.6 Å². The third-order valence-corrected chi connectivity index (χ3v) is 6.99. The lowest BCUT2D eigenvalue weighted by Crippen LogP contribution is -2.37. The summed E-state index contributed by atoms with van der Waals surface area (Å²) in [6.07, 6.45) is 6.64. The van der Waals surface area contributed by atoms with Crippen LogP contribution >= 0.6 is 0 Å². The third-order valence-electron chi connectivity index (χ3n) is 6.99. The predicted octanol–water partition coefficient (Wildman–Crippen LogP) is 6.26. The second-order valence-corrected chi connectivity index (χ2v) is 8.80. The molecule has 0 amide bonds. The molecule has 3 rings (SSSR count). The van der Waals surface area contributed by atoms with E-state index in [0.29, 0.717) is 18.0 Å². The Morgan fingerprint density at radius 3 is 2.43 bits per heavy atom. The Labute approximate surface area is 179 Å². The molecule has 30 heavy (non-hydrogen) atoms. The molecule has 0 spiro atoms. The predicted molar refractivity (Wildman–Crippen MR) is 117 cm³/mol. The highest BCUT2D eigenvalue weighted by Gasteiger charge is 2.42. The van der Waals surface area contributed by atoms with E-state index in [9.17, 15) is 14.0 Å². The highest BCUT2D eigenvalue weighted by atomic mass is 19.2.